The van der Waals surface area contributed by atoms with Gasteiger partial charge in [-0.3, -0.25) is 6.08 Å². The number of hydrogen-bond acceptors (Lipinski definition) is 0. The van der Waals surface area contributed by atoms with Crippen LogP contribution < -0.4 is 0 Å². The first-order valence-corrected chi connectivity index (χ1v) is 4.11. The standard InChI is InChI=1S/C8H11.C3H7.Er/c1-6-4-5-7(2)8(6)3;1-3-2;/h4H2,1-3H3;3H,1-2H3;/q2*-1;. The van der Waals surface area contributed by atoms with Gasteiger partial charge in [-0.1, -0.05) is 13.8 Å². The van der Waals surface area contributed by atoms with Gasteiger partial charge in [0, 0.05) is 37.3 Å². The zero-order valence-electron chi connectivity index (χ0n) is 8.57. The number of rotatable bonds is 0. The Morgan fingerprint density at radius 1 is 1.17 bits per heavy atom. The molecule has 0 amide bonds. The van der Waals surface area contributed by atoms with Crippen LogP contribution in [0.1, 0.15) is 41.0 Å². The van der Waals surface area contributed by atoms with E-state index in [9.17, 15) is 0 Å². The van der Waals surface area contributed by atoms with Crippen molar-refractivity contribution in [3.05, 3.63) is 29.2 Å². The monoisotopic (exact) mass is 316 g/mol. The van der Waals surface area contributed by atoms with Gasteiger partial charge in [-0.15, -0.1) is 13.3 Å². The van der Waals surface area contributed by atoms with Crippen LogP contribution >= 0.6 is 0 Å². The topological polar surface area (TPSA) is 0 Å². The van der Waals surface area contributed by atoms with E-state index in [1.807, 2.05) is 20.3 Å². The second-order valence-corrected chi connectivity index (χ2v) is 2.96. The quantitative estimate of drug-likeness (QED) is 0.598. The summed E-state index contributed by atoms with van der Waals surface area (Å²) < 4.78 is 0. The summed E-state index contributed by atoms with van der Waals surface area (Å²) >= 11 is 0. The van der Waals surface area contributed by atoms with Crippen LogP contribution in [-0.4, -0.2) is 0 Å². The van der Waals surface area contributed by atoms with Gasteiger partial charge in [-0.05, 0) is 0 Å². The van der Waals surface area contributed by atoms with E-state index in [4.69, 9.17) is 0 Å². The molecule has 0 nitrogen and oxygen atoms in total. The van der Waals surface area contributed by atoms with Crippen molar-refractivity contribution in [3.63, 3.8) is 0 Å². The van der Waals surface area contributed by atoms with Gasteiger partial charge in [0.05, 0.1) is 0 Å². The molecule has 0 unspecified atom stereocenters. The molecule has 12 heavy (non-hydrogen) atoms. The molecule has 1 rings (SSSR count). The Morgan fingerprint density at radius 2 is 1.58 bits per heavy atom. The first-order chi connectivity index (χ1) is 5.13. The molecule has 0 saturated heterocycles. The van der Waals surface area contributed by atoms with Crippen molar-refractivity contribution in [2.24, 2.45) is 0 Å². The fourth-order valence-electron chi connectivity index (χ4n) is 0.850. The predicted molar refractivity (Wildman–Crippen MR) is 51.1 cm³/mol. The summed E-state index contributed by atoms with van der Waals surface area (Å²) in [6.07, 6.45) is 6.31. The van der Waals surface area contributed by atoms with E-state index in [1.54, 1.807) is 0 Å². The molecular weight excluding hydrogens is 299 g/mol. The maximum absolute atomic E-state index is 3.26. The molecule has 1 aliphatic rings. The zero-order chi connectivity index (χ0) is 8.85. The maximum Gasteiger partial charge on any atom is 0 e. The Balaban J connectivity index is 0. The van der Waals surface area contributed by atoms with Crippen molar-refractivity contribution in [1.82, 2.24) is 0 Å². The minimum absolute atomic E-state index is 0. The molecule has 0 saturated carbocycles. The molecule has 0 radical (unpaired) electrons. The van der Waals surface area contributed by atoms with E-state index in [2.05, 4.69) is 26.8 Å². The molecule has 0 spiro atoms. The molecule has 76 valence electrons. The van der Waals surface area contributed by atoms with Crippen molar-refractivity contribution in [2.75, 3.05) is 0 Å². The molecule has 0 N–H and O–H groups in total. The van der Waals surface area contributed by atoms with Crippen LogP contribution in [-0.2, 0) is 0 Å². The van der Waals surface area contributed by atoms with Crippen molar-refractivity contribution in [1.29, 1.82) is 0 Å². The maximum atomic E-state index is 3.26. The zero-order valence-corrected chi connectivity index (χ0v) is 10.4. The van der Waals surface area contributed by atoms with Gasteiger partial charge in [0.25, 0.3) is 0 Å². The molecule has 0 aromatic carbocycles. The third kappa shape index (κ3) is 5.39. The Kier molecular flexibility index (Phi) is 10.6. The Labute approximate surface area is 107 Å². The van der Waals surface area contributed by atoms with Gasteiger partial charge < -0.3 is 6.42 Å². The van der Waals surface area contributed by atoms with Crippen LogP contribution in [0, 0.1) is 49.8 Å². The third-order valence-corrected chi connectivity index (χ3v) is 1.82. The van der Waals surface area contributed by atoms with E-state index in [1.165, 1.54) is 16.7 Å². The van der Waals surface area contributed by atoms with Crippen molar-refractivity contribution < 1.29 is 37.3 Å². The normalized spacial score (nSPS) is 14.6. The largest absolute Gasteiger partial charge is 0.335 e. The Bertz CT molecular complexity index is 170. The van der Waals surface area contributed by atoms with Crippen LogP contribution in [0.25, 0.3) is 0 Å². The Hall–Kier alpha value is 0.727. The molecule has 1 heteroatoms. The van der Waals surface area contributed by atoms with Crippen LogP contribution in [0.4, 0.5) is 0 Å². The predicted octanol–water partition coefficient (Wildman–Crippen LogP) is 3.71. The molecule has 0 aliphatic heterocycles. The van der Waals surface area contributed by atoms with Gasteiger partial charge in [0.15, 0.2) is 0 Å². The van der Waals surface area contributed by atoms with Gasteiger partial charge in [0.1, 0.15) is 0 Å². The van der Waals surface area contributed by atoms with Gasteiger partial charge in [-0.25, -0.2) is 5.57 Å². The second-order valence-electron chi connectivity index (χ2n) is 2.96. The molecular formula is C11H18Er-2. The smallest absolute Gasteiger partial charge is 0 e. The van der Waals surface area contributed by atoms with Crippen LogP contribution in [0.5, 0.6) is 0 Å². The summed E-state index contributed by atoms with van der Waals surface area (Å²) in [5.41, 5.74) is 4.25. The average Bonchev–Trinajstić information content (AvgIpc) is 2.22. The summed E-state index contributed by atoms with van der Waals surface area (Å²) in [6.45, 7) is 10.4. The molecule has 0 aromatic heterocycles. The van der Waals surface area contributed by atoms with Crippen LogP contribution in [0.2, 0.25) is 0 Å². The van der Waals surface area contributed by atoms with Crippen LogP contribution in [0.15, 0.2) is 16.7 Å². The average molecular weight is 318 g/mol. The number of hydrogen-bond donors (Lipinski definition) is 0. The molecule has 0 fully saturated rings. The van der Waals surface area contributed by atoms with E-state index in [0.717, 1.165) is 6.42 Å². The van der Waals surface area contributed by atoms with E-state index >= 15 is 0 Å². The molecule has 1 aliphatic carbocycles. The van der Waals surface area contributed by atoms with E-state index in [-0.39, 0.29) is 37.3 Å². The van der Waals surface area contributed by atoms with Crippen LogP contribution in [0.3, 0.4) is 0 Å². The minimum Gasteiger partial charge on any atom is -0.335 e. The van der Waals surface area contributed by atoms with Crippen molar-refractivity contribution in [3.8, 4) is 0 Å². The summed E-state index contributed by atoms with van der Waals surface area (Å²) in [4.78, 5) is 0. The van der Waals surface area contributed by atoms with Gasteiger partial charge in [-0.2, -0.15) is 25.0 Å². The fraction of sp³-hybridized carbons (Fsp3) is 0.545. The first-order valence-electron chi connectivity index (χ1n) is 4.11. The van der Waals surface area contributed by atoms with E-state index in [0.29, 0.717) is 0 Å². The van der Waals surface area contributed by atoms with Gasteiger partial charge >= 0.3 is 0 Å². The summed E-state index contributed by atoms with van der Waals surface area (Å²) in [5, 5.41) is 0. The molecule has 0 aromatic rings. The second kappa shape index (κ2) is 8.33. The number of allylic oxidation sites excluding steroid dienone is 4. The first kappa shape index (κ1) is 15.2. The Morgan fingerprint density at radius 3 is 1.67 bits per heavy atom. The summed E-state index contributed by atoms with van der Waals surface area (Å²) in [6, 6.07) is 0. The van der Waals surface area contributed by atoms with Crippen molar-refractivity contribution in [2.45, 2.75) is 41.0 Å². The summed E-state index contributed by atoms with van der Waals surface area (Å²) in [7, 11) is 0. The minimum atomic E-state index is 0. The molecule has 0 atom stereocenters. The van der Waals surface area contributed by atoms with Crippen molar-refractivity contribution >= 4 is 0 Å². The molecule has 0 heterocycles. The fourth-order valence-corrected chi connectivity index (χ4v) is 0.850. The van der Waals surface area contributed by atoms with Gasteiger partial charge in [0.2, 0.25) is 0 Å². The SMILES string of the molecule is CC1=[C-]CC(C)=C1C.C[CH-]C.[Er]. The van der Waals surface area contributed by atoms with E-state index < -0.39 is 0 Å². The third-order valence-electron chi connectivity index (χ3n) is 1.82. The molecule has 0 bridgehead atoms. The summed E-state index contributed by atoms with van der Waals surface area (Å²) in [5.74, 6) is 0.